The number of carbonyl (C=O) groups excluding carboxylic acids is 1. The molecule has 1 aliphatic heterocycles. The van der Waals surface area contributed by atoms with Gasteiger partial charge in [-0.3, -0.25) is 4.90 Å². The fourth-order valence-corrected chi connectivity index (χ4v) is 4.81. The first kappa shape index (κ1) is 21.4. The molecule has 1 unspecified atom stereocenters. The summed E-state index contributed by atoms with van der Waals surface area (Å²) in [5.41, 5.74) is 4.27. The normalized spacial score (nSPS) is 16.3. The summed E-state index contributed by atoms with van der Waals surface area (Å²) in [5, 5.41) is 9.83. The van der Waals surface area contributed by atoms with Crippen molar-refractivity contribution >= 4 is 40.2 Å². The van der Waals surface area contributed by atoms with E-state index in [0.717, 1.165) is 22.4 Å². The van der Waals surface area contributed by atoms with Gasteiger partial charge in [-0.1, -0.05) is 60.1 Å². The van der Waals surface area contributed by atoms with E-state index in [1.807, 2.05) is 48.7 Å². The van der Waals surface area contributed by atoms with Crippen molar-refractivity contribution in [3.8, 4) is 10.7 Å². The number of thiophene rings is 1. The van der Waals surface area contributed by atoms with Crippen molar-refractivity contribution in [2.75, 3.05) is 4.90 Å². The highest BCUT2D eigenvalue weighted by atomic mass is 35.5. The van der Waals surface area contributed by atoms with Gasteiger partial charge in [0, 0.05) is 10.7 Å². The van der Waals surface area contributed by atoms with Gasteiger partial charge >= 0.3 is 6.03 Å². The summed E-state index contributed by atoms with van der Waals surface area (Å²) < 4.78 is 5.72. The molecule has 4 aromatic rings. The quantitative estimate of drug-likeness (QED) is 0.347. The Morgan fingerprint density at radius 2 is 1.97 bits per heavy atom. The summed E-state index contributed by atoms with van der Waals surface area (Å²) in [5.74, 6) is 0.888. The minimum atomic E-state index is -0.435. The molecule has 33 heavy (non-hydrogen) atoms. The Morgan fingerprint density at radius 3 is 2.67 bits per heavy atom. The number of allylic oxidation sites excluding steroid dienone is 1. The van der Waals surface area contributed by atoms with Gasteiger partial charge in [-0.05, 0) is 54.1 Å². The highest BCUT2D eigenvalue weighted by Crippen LogP contribution is 2.39. The molecule has 0 saturated heterocycles. The van der Waals surface area contributed by atoms with Crippen LogP contribution in [0.15, 0.2) is 76.3 Å². The maximum absolute atomic E-state index is 13.3. The molecule has 8 heteroatoms. The number of aryl methyl sites for hydroxylation is 1. The van der Waals surface area contributed by atoms with Crippen molar-refractivity contribution in [1.29, 1.82) is 0 Å². The Balaban J connectivity index is 1.65. The van der Waals surface area contributed by atoms with Crippen LogP contribution < -0.4 is 10.2 Å². The molecule has 0 radical (unpaired) electrons. The van der Waals surface area contributed by atoms with E-state index in [-0.39, 0.29) is 6.03 Å². The number of nitrogens with zero attached hydrogens (tertiary/aromatic N) is 3. The van der Waals surface area contributed by atoms with E-state index in [9.17, 15) is 4.79 Å². The van der Waals surface area contributed by atoms with Crippen molar-refractivity contribution < 1.29 is 9.32 Å². The fraction of sp³-hybridized carbons (Fsp3) is 0.160. The summed E-state index contributed by atoms with van der Waals surface area (Å²) in [4.78, 5) is 20.4. The van der Waals surface area contributed by atoms with Crippen LogP contribution in [0.1, 0.15) is 36.9 Å². The predicted molar refractivity (Wildman–Crippen MR) is 131 cm³/mol. The third kappa shape index (κ3) is 4.05. The van der Waals surface area contributed by atoms with Gasteiger partial charge in [-0.15, -0.1) is 11.3 Å². The Hall–Kier alpha value is -3.42. The Morgan fingerprint density at radius 1 is 1.15 bits per heavy atom. The van der Waals surface area contributed by atoms with Gasteiger partial charge in [0.15, 0.2) is 0 Å². The van der Waals surface area contributed by atoms with E-state index in [1.54, 1.807) is 28.4 Å². The van der Waals surface area contributed by atoms with Gasteiger partial charge in [0.2, 0.25) is 5.82 Å². The van der Waals surface area contributed by atoms with Gasteiger partial charge in [0.1, 0.15) is 0 Å². The number of hydrogen-bond acceptors (Lipinski definition) is 5. The van der Waals surface area contributed by atoms with E-state index in [4.69, 9.17) is 16.1 Å². The molecule has 1 aliphatic rings. The maximum atomic E-state index is 13.3. The van der Waals surface area contributed by atoms with Gasteiger partial charge in [0.25, 0.3) is 5.89 Å². The Labute approximate surface area is 200 Å². The number of nitrogens with one attached hydrogen (secondary N) is 1. The van der Waals surface area contributed by atoms with Crippen LogP contribution in [0.2, 0.25) is 5.02 Å². The minimum Gasteiger partial charge on any atom is -0.334 e. The summed E-state index contributed by atoms with van der Waals surface area (Å²) in [6, 6.07) is 18.6. The molecule has 2 aromatic heterocycles. The van der Waals surface area contributed by atoms with E-state index in [2.05, 4.69) is 34.5 Å². The highest BCUT2D eigenvalue weighted by Gasteiger charge is 2.36. The number of anilines is 1. The first-order valence-electron chi connectivity index (χ1n) is 10.6. The smallest absolute Gasteiger partial charge is 0.326 e. The summed E-state index contributed by atoms with van der Waals surface area (Å²) >= 11 is 7.75. The largest absolute Gasteiger partial charge is 0.334 e. The molecule has 0 saturated carbocycles. The highest BCUT2D eigenvalue weighted by molar-refractivity contribution is 7.13. The zero-order valence-electron chi connectivity index (χ0n) is 18.1. The monoisotopic (exact) mass is 476 g/mol. The van der Waals surface area contributed by atoms with Crippen LogP contribution in [-0.4, -0.2) is 16.2 Å². The molecular weight excluding hydrogens is 456 g/mol. The molecule has 0 fully saturated rings. The van der Waals surface area contributed by atoms with Crippen LogP contribution in [0.3, 0.4) is 0 Å². The second kappa shape index (κ2) is 8.84. The van der Waals surface area contributed by atoms with Crippen LogP contribution in [0.4, 0.5) is 10.5 Å². The molecule has 2 amide bonds. The predicted octanol–water partition coefficient (Wildman–Crippen LogP) is 6.72. The number of benzene rings is 2. The first-order valence-corrected chi connectivity index (χ1v) is 11.8. The SMILES string of the molecule is CCc1ccc(C2NC(=O)N(c3cccc(Cl)c3)C(C)=C2c2nc(-c3cccs3)no2)cc1. The van der Waals surface area contributed by atoms with Crippen LogP contribution in [-0.2, 0) is 6.42 Å². The van der Waals surface area contributed by atoms with Gasteiger partial charge in [0.05, 0.1) is 22.2 Å². The molecular formula is C25H21ClN4O2S. The van der Waals surface area contributed by atoms with E-state index >= 15 is 0 Å². The van der Waals surface area contributed by atoms with E-state index in [1.165, 1.54) is 5.56 Å². The molecule has 166 valence electrons. The van der Waals surface area contributed by atoms with Crippen LogP contribution in [0.5, 0.6) is 0 Å². The van der Waals surface area contributed by atoms with Gasteiger partial charge in [-0.25, -0.2) is 4.79 Å². The first-order chi connectivity index (χ1) is 16.0. The number of carbonyl (C=O) groups is 1. The molecule has 5 rings (SSSR count). The standard InChI is InChI=1S/C25H21ClN4O2S/c1-3-16-9-11-17(12-10-16)22-21(24-28-23(29-32-24)20-8-5-13-33-20)15(2)30(25(31)27-22)19-7-4-6-18(26)14-19/h4-14,22H,3H2,1-2H3,(H,27,31). The summed E-state index contributed by atoms with van der Waals surface area (Å²) in [7, 11) is 0. The Kier molecular flexibility index (Phi) is 5.74. The third-order valence-corrected chi connectivity index (χ3v) is 6.77. The molecule has 2 aromatic carbocycles. The average molecular weight is 477 g/mol. The number of amides is 2. The van der Waals surface area contributed by atoms with Crippen molar-refractivity contribution in [3.63, 3.8) is 0 Å². The lowest BCUT2D eigenvalue weighted by atomic mass is 9.93. The number of aromatic nitrogens is 2. The Bertz CT molecular complexity index is 1330. The topological polar surface area (TPSA) is 71.3 Å². The third-order valence-electron chi connectivity index (χ3n) is 5.67. The molecule has 1 atom stereocenters. The average Bonchev–Trinajstić information content (AvgIpc) is 3.51. The second-order valence-corrected chi connectivity index (χ2v) is 9.08. The molecule has 6 nitrogen and oxygen atoms in total. The second-order valence-electron chi connectivity index (χ2n) is 7.69. The molecule has 1 N–H and O–H groups in total. The molecule has 0 spiro atoms. The van der Waals surface area contributed by atoms with Crippen molar-refractivity contribution in [2.24, 2.45) is 0 Å². The van der Waals surface area contributed by atoms with E-state index < -0.39 is 6.04 Å². The minimum absolute atomic E-state index is 0.249. The zero-order valence-corrected chi connectivity index (χ0v) is 19.7. The summed E-state index contributed by atoms with van der Waals surface area (Å²) in [6.45, 7) is 4.00. The maximum Gasteiger partial charge on any atom is 0.326 e. The van der Waals surface area contributed by atoms with Crippen molar-refractivity contribution in [2.45, 2.75) is 26.3 Å². The lowest BCUT2D eigenvalue weighted by Gasteiger charge is -2.35. The number of rotatable bonds is 5. The number of urea groups is 1. The zero-order chi connectivity index (χ0) is 22.9. The van der Waals surface area contributed by atoms with Gasteiger partial charge < -0.3 is 9.84 Å². The lowest BCUT2D eigenvalue weighted by Crippen LogP contribution is -2.46. The van der Waals surface area contributed by atoms with Gasteiger partial charge in [-0.2, -0.15) is 4.98 Å². The fourth-order valence-electron chi connectivity index (χ4n) is 3.98. The van der Waals surface area contributed by atoms with Crippen LogP contribution in [0.25, 0.3) is 16.3 Å². The van der Waals surface area contributed by atoms with Crippen molar-refractivity contribution in [3.05, 3.63) is 93.8 Å². The summed E-state index contributed by atoms with van der Waals surface area (Å²) in [6.07, 6.45) is 0.940. The number of hydrogen-bond donors (Lipinski definition) is 1. The molecule has 0 aliphatic carbocycles. The number of halogens is 1. The van der Waals surface area contributed by atoms with Crippen LogP contribution in [0, 0.1) is 0 Å². The van der Waals surface area contributed by atoms with Crippen molar-refractivity contribution in [1.82, 2.24) is 15.5 Å². The van der Waals surface area contributed by atoms with Crippen LogP contribution >= 0.6 is 22.9 Å². The molecule has 0 bridgehead atoms. The molecule has 3 heterocycles. The lowest BCUT2D eigenvalue weighted by molar-refractivity contribution is 0.244. The van der Waals surface area contributed by atoms with E-state index in [0.29, 0.717) is 28.1 Å².